The smallest absolute Gasteiger partial charge is 0.230 e. The average molecular weight is 430 g/mol. The van der Waals surface area contributed by atoms with Crippen LogP contribution in [0, 0.1) is 5.82 Å². The van der Waals surface area contributed by atoms with E-state index in [0.717, 1.165) is 41.7 Å². The molecule has 1 amide bonds. The van der Waals surface area contributed by atoms with E-state index in [1.165, 1.54) is 23.9 Å². The molecule has 7 nitrogen and oxygen atoms in total. The molecule has 0 spiro atoms. The number of nitrogens with zero attached hydrogens (tertiary/aromatic N) is 4. The Morgan fingerprint density at radius 3 is 2.83 bits per heavy atom. The van der Waals surface area contributed by atoms with Crippen LogP contribution in [0.3, 0.4) is 0 Å². The maximum absolute atomic E-state index is 13.4. The van der Waals surface area contributed by atoms with Gasteiger partial charge < -0.3 is 10.1 Å². The van der Waals surface area contributed by atoms with Crippen molar-refractivity contribution in [2.45, 2.75) is 43.7 Å². The first kappa shape index (κ1) is 20.7. The van der Waals surface area contributed by atoms with Gasteiger partial charge in [-0.1, -0.05) is 25.6 Å². The molecule has 3 aromatic rings. The van der Waals surface area contributed by atoms with Crippen molar-refractivity contribution in [1.29, 1.82) is 0 Å². The molecule has 9 heteroatoms. The number of ether oxygens (including phenoxy) is 1. The van der Waals surface area contributed by atoms with E-state index < -0.39 is 0 Å². The molecule has 0 bridgehead atoms. The van der Waals surface area contributed by atoms with Gasteiger partial charge in [0.05, 0.1) is 29.4 Å². The Kier molecular flexibility index (Phi) is 6.29. The SMILES string of the molecule is CC(C)c1nnc(SCC(=O)NC[C@@H]2CCCO2)c2c1cnn2-c1ccc(F)cc1. The molecule has 1 saturated heterocycles. The zero-order chi connectivity index (χ0) is 21.1. The fourth-order valence-electron chi connectivity index (χ4n) is 3.46. The van der Waals surface area contributed by atoms with Gasteiger partial charge in [0.1, 0.15) is 16.4 Å². The number of carbonyl (C=O) groups excluding carboxylic acids is 1. The monoisotopic (exact) mass is 429 g/mol. The summed E-state index contributed by atoms with van der Waals surface area (Å²) in [6.45, 7) is 5.38. The topological polar surface area (TPSA) is 81.9 Å². The third kappa shape index (κ3) is 4.46. The maximum Gasteiger partial charge on any atom is 0.230 e. The Labute approximate surface area is 178 Å². The summed E-state index contributed by atoms with van der Waals surface area (Å²) in [6, 6.07) is 6.12. The van der Waals surface area contributed by atoms with E-state index >= 15 is 0 Å². The lowest BCUT2D eigenvalue weighted by Crippen LogP contribution is -2.32. The third-order valence-electron chi connectivity index (χ3n) is 5.01. The number of rotatable bonds is 7. The second-order valence-corrected chi connectivity index (χ2v) is 8.53. The van der Waals surface area contributed by atoms with Gasteiger partial charge in [0.2, 0.25) is 5.91 Å². The van der Waals surface area contributed by atoms with Crippen LogP contribution in [0.25, 0.3) is 16.6 Å². The molecule has 0 aliphatic carbocycles. The highest BCUT2D eigenvalue weighted by Crippen LogP contribution is 2.31. The van der Waals surface area contributed by atoms with Gasteiger partial charge in [-0.15, -0.1) is 5.10 Å². The molecule has 1 atom stereocenters. The number of fused-ring (bicyclic) bond motifs is 1. The summed E-state index contributed by atoms with van der Waals surface area (Å²) >= 11 is 1.32. The van der Waals surface area contributed by atoms with E-state index in [9.17, 15) is 9.18 Å². The Balaban J connectivity index is 1.58. The minimum absolute atomic E-state index is 0.0776. The van der Waals surface area contributed by atoms with Gasteiger partial charge in [0.15, 0.2) is 0 Å². The van der Waals surface area contributed by atoms with Crippen molar-refractivity contribution in [1.82, 2.24) is 25.3 Å². The summed E-state index contributed by atoms with van der Waals surface area (Å²) < 4.78 is 20.6. The van der Waals surface area contributed by atoms with Crippen molar-refractivity contribution in [3.63, 3.8) is 0 Å². The third-order valence-corrected chi connectivity index (χ3v) is 5.96. The highest BCUT2D eigenvalue weighted by molar-refractivity contribution is 8.00. The summed E-state index contributed by atoms with van der Waals surface area (Å²) in [6.07, 6.45) is 3.88. The Hall–Kier alpha value is -2.52. The molecule has 1 fully saturated rings. The number of halogens is 1. The van der Waals surface area contributed by atoms with E-state index in [1.54, 1.807) is 23.0 Å². The molecular weight excluding hydrogens is 405 g/mol. The molecule has 0 radical (unpaired) electrons. The minimum Gasteiger partial charge on any atom is -0.376 e. The van der Waals surface area contributed by atoms with Gasteiger partial charge in [-0.25, -0.2) is 9.07 Å². The average Bonchev–Trinajstić information content (AvgIpc) is 3.41. The van der Waals surface area contributed by atoms with Gasteiger partial charge in [-0.2, -0.15) is 10.2 Å². The van der Waals surface area contributed by atoms with E-state index in [1.807, 2.05) is 13.8 Å². The van der Waals surface area contributed by atoms with Gasteiger partial charge in [-0.3, -0.25) is 4.79 Å². The normalized spacial score (nSPS) is 16.5. The van der Waals surface area contributed by atoms with E-state index in [0.29, 0.717) is 11.6 Å². The van der Waals surface area contributed by atoms with Crippen LogP contribution in [0.4, 0.5) is 4.39 Å². The van der Waals surface area contributed by atoms with Crippen molar-refractivity contribution in [2.75, 3.05) is 18.9 Å². The molecule has 2 aromatic heterocycles. The van der Waals surface area contributed by atoms with Crippen molar-refractivity contribution in [3.05, 3.63) is 42.0 Å². The quantitative estimate of drug-likeness (QED) is 0.579. The van der Waals surface area contributed by atoms with E-state index in [2.05, 4.69) is 20.6 Å². The molecule has 1 aliphatic heterocycles. The van der Waals surface area contributed by atoms with Gasteiger partial charge in [-0.05, 0) is 43.0 Å². The summed E-state index contributed by atoms with van der Waals surface area (Å²) in [4.78, 5) is 12.3. The molecule has 0 saturated carbocycles. The predicted octanol–water partition coefficient (Wildman–Crippen LogP) is 3.47. The number of thioether (sulfide) groups is 1. The molecule has 0 unspecified atom stereocenters. The molecule has 3 heterocycles. The second kappa shape index (κ2) is 9.09. The largest absolute Gasteiger partial charge is 0.376 e. The van der Waals surface area contributed by atoms with Crippen LogP contribution in [-0.2, 0) is 9.53 Å². The van der Waals surface area contributed by atoms with E-state index in [4.69, 9.17) is 4.74 Å². The number of carbonyl (C=O) groups is 1. The van der Waals surface area contributed by atoms with Crippen LogP contribution in [-0.4, -0.2) is 50.9 Å². The van der Waals surface area contributed by atoms with Crippen LogP contribution >= 0.6 is 11.8 Å². The lowest BCUT2D eigenvalue weighted by atomic mass is 10.1. The van der Waals surface area contributed by atoms with Crippen LogP contribution < -0.4 is 5.32 Å². The minimum atomic E-state index is -0.310. The van der Waals surface area contributed by atoms with Crippen LogP contribution in [0.2, 0.25) is 0 Å². The highest BCUT2D eigenvalue weighted by atomic mass is 32.2. The first-order chi connectivity index (χ1) is 14.5. The van der Waals surface area contributed by atoms with Crippen molar-refractivity contribution in [2.24, 2.45) is 0 Å². The zero-order valence-electron chi connectivity index (χ0n) is 17.0. The van der Waals surface area contributed by atoms with Gasteiger partial charge in [0, 0.05) is 18.5 Å². The summed E-state index contributed by atoms with van der Waals surface area (Å²) in [5.74, 6) is -0.00666. The lowest BCUT2D eigenvalue weighted by Gasteiger charge is -2.12. The number of aromatic nitrogens is 4. The summed E-state index contributed by atoms with van der Waals surface area (Å²) in [5, 5.41) is 17.7. The number of hydrogen-bond acceptors (Lipinski definition) is 6. The van der Waals surface area contributed by atoms with Crippen molar-refractivity contribution in [3.8, 4) is 5.69 Å². The van der Waals surface area contributed by atoms with Crippen LogP contribution in [0.5, 0.6) is 0 Å². The fourth-order valence-corrected chi connectivity index (χ4v) is 4.26. The first-order valence-corrected chi connectivity index (χ1v) is 11.0. The highest BCUT2D eigenvalue weighted by Gasteiger charge is 2.20. The predicted molar refractivity (Wildman–Crippen MR) is 113 cm³/mol. The summed E-state index contributed by atoms with van der Waals surface area (Å²) in [7, 11) is 0. The molecule has 158 valence electrons. The molecule has 1 aliphatic rings. The number of hydrogen-bond donors (Lipinski definition) is 1. The lowest BCUT2D eigenvalue weighted by molar-refractivity contribution is -0.119. The second-order valence-electron chi connectivity index (χ2n) is 7.57. The van der Waals surface area contributed by atoms with Crippen LogP contribution in [0.1, 0.15) is 38.3 Å². The van der Waals surface area contributed by atoms with E-state index in [-0.39, 0.29) is 29.5 Å². The summed E-state index contributed by atoms with van der Waals surface area (Å²) in [5.41, 5.74) is 2.33. The number of nitrogens with one attached hydrogen (secondary N) is 1. The number of amides is 1. The Morgan fingerprint density at radius 2 is 2.13 bits per heavy atom. The standard InChI is InChI=1S/C21H24FN5O2S/c1-13(2)19-17-11-24-27(15-7-5-14(22)6-8-15)20(17)21(26-25-19)30-12-18(28)23-10-16-4-3-9-29-16/h5-8,11,13,16H,3-4,9-10,12H2,1-2H3,(H,23,28)/t16-/m0/s1. The molecule has 4 rings (SSSR count). The van der Waals surface area contributed by atoms with Crippen molar-refractivity contribution < 1.29 is 13.9 Å². The fraction of sp³-hybridized carbons (Fsp3) is 0.429. The van der Waals surface area contributed by atoms with Crippen LogP contribution in [0.15, 0.2) is 35.5 Å². The zero-order valence-corrected chi connectivity index (χ0v) is 17.8. The number of benzene rings is 1. The first-order valence-electron chi connectivity index (χ1n) is 10.0. The van der Waals surface area contributed by atoms with Gasteiger partial charge in [0.25, 0.3) is 0 Å². The molecule has 30 heavy (non-hydrogen) atoms. The molecule has 1 N–H and O–H groups in total. The molecule has 1 aromatic carbocycles. The Bertz CT molecular complexity index is 1030. The van der Waals surface area contributed by atoms with Gasteiger partial charge >= 0.3 is 0 Å². The van der Waals surface area contributed by atoms with Crippen molar-refractivity contribution >= 4 is 28.6 Å². The maximum atomic E-state index is 13.4. The Morgan fingerprint density at radius 1 is 1.33 bits per heavy atom. The molecular formula is C21H24FN5O2S.